The fourth-order valence-electron chi connectivity index (χ4n) is 5.26. The average Bonchev–Trinajstić information content (AvgIpc) is 3.02. The molecule has 0 fully saturated rings. The second-order valence-corrected chi connectivity index (χ2v) is 40.5. The molecule has 0 heterocycles. The molecular weight excluding hydrogens is 748 g/mol. The predicted molar refractivity (Wildman–Crippen MR) is 221 cm³/mol. The summed E-state index contributed by atoms with van der Waals surface area (Å²) >= 11 is 3.65. The van der Waals surface area contributed by atoms with Crippen LogP contribution in [0.15, 0.2) is 44.6 Å². The zero-order valence-corrected chi connectivity index (χ0v) is 42.7. The van der Waals surface area contributed by atoms with Gasteiger partial charge in [-0.1, -0.05) is 112 Å². The summed E-state index contributed by atoms with van der Waals surface area (Å²) in [6.07, 6.45) is 0. The van der Waals surface area contributed by atoms with E-state index in [1.165, 1.54) is 22.3 Å². The first-order valence-corrected chi connectivity index (χ1v) is 32.0. The molecule has 0 aromatic heterocycles. The molecule has 8 nitrogen and oxygen atoms in total. The zero-order valence-electron chi connectivity index (χ0n) is 33.8. The Hall–Kier alpha value is -0.360. The Morgan fingerprint density at radius 3 is 0.587 bits per heavy atom. The third-order valence-corrected chi connectivity index (χ3v) is 22.2. The fourth-order valence-corrected chi connectivity index (χ4v) is 23.2. The van der Waals surface area contributed by atoms with Gasteiger partial charge in [0, 0.05) is 0 Å². The van der Waals surface area contributed by atoms with Crippen molar-refractivity contribution in [2.24, 2.45) is 0 Å². The van der Waals surface area contributed by atoms with Gasteiger partial charge in [-0.3, -0.25) is 0 Å². The van der Waals surface area contributed by atoms with E-state index >= 15 is 0 Å². The summed E-state index contributed by atoms with van der Waals surface area (Å²) in [5.41, 5.74) is 36.8. The van der Waals surface area contributed by atoms with Gasteiger partial charge < -0.3 is 9.30 Å². The molecule has 0 bridgehead atoms. The monoisotopic (exact) mass is 814 g/mol. The molecule has 0 saturated carbocycles. The van der Waals surface area contributed by atoms with Crippen LogP contribution in [0, 0.1) is 11.1 Å². The minimum atomic E-state index is -1.11. The van der Waals surface area contributed by atoms with Crippen LogP contribution in [0.1, 0.15) is 69.2 Å². The van der Waals surface area contributed by atoms with Gasteiger partial charge in [-0.05, 0) is 20.9 Å². The summed E-state index contributed by atoms with van der Waals surface area (Å²) in [7, 11) is -4.42. The van der Waals surface area contributed by atoms with Crippen LogP contribution < -0.4 is 0 Å². The quantitative estimate of drug-likeness (QED) is 0.120. The van der Waals surface area contributed by atoms with Crippen LogP contribution in [-0.4, -0.2) is 70.1 Å². The average molecular weight is 817 g/mol. The zero-order chi connectivity index (χ0) is 38.4. The number of rotatable bonds is 4. The van der Waals surface area contributed by atoms with Crippen molar-refractivity contribution in [2.75, 3.05) is 0 Å². The molecule has 4 radical (unpaired) electrons. The molecule has 2 N–H and O–H groups in total. The van der Waals surface area contributed by atoms with Crippen molar-refractivity contribution in [1.82, 2.24) is 0 Å². The Morgan fingerprint density at radius 2 is 0.565 bits per heavy atom. The van der Waals surface area contributed by atoms with Crippen molar-refractivity contribution in [1.29, 1.82) is 11.1 Å². The number of allylic oxidation sites excluding steroid dienone is 8. The molecule has 46 heavy (non-hydrogen) atoms. The molecule has 0 spiro atoms. The molecular formula is C32H68Ga2N8Si4-2. The SMILES string of the molecule is CC1=C(C)[C](C)([Ga])C(C)=C1C.CC1=C(C)[C](C)([Ga])C(C)=C1C.C[Si](C)(C)[N-][Si](C)(C)C.C[Si](C)(C)[N-][Si](C)(C)C.[N-]=[N+]=N.[N-]=[N+]=N. The summed E-state index contributed by atoms with van der Waals surface area (Å²) in [6.45, 7) is 50.2. The van der Waals surface area contributed by atoms with Crippen LogP contribution in [0.25, 0.3) is 30.2 Å². The summed E-state index contributed by atoms with van der Waals surface area (Å²) in [5, 5.41) is 0. The maximum atomic E-state index is 6.86. The van der Waals surface area contributed by atoms with Gasteiger partial charge in [0.15, 0.2) is 0 Å². The molecule has 0 atom stereocenters. The molecule has 0 aromatic carbocycles. The third-order valence-electron chi connectivity index (χ3n) is 7.83. The van der Waals surface area contributed by atoms with Crippen molar-refractivity contribution in [3.63, 3.8) is 0 Å². The maximum absolute atomic E-state index is 6.86. The Bertz CT molecular complexity index is 1020. The first kappa shape index (κ1) is 52.5. The smallest absolute Gasteiger partial charge is 0.00208 e. The van der Waals surface area contributed by atoms with Gasteiger partial charge in [-0.25, -0.2) is 0 Å². The van der Waals surface area contributed by atoms with Gasteiger partial charge in [-0.2, -0.15) is 0 Å². The largest absolute Gasteiger partial charge is 0.668 e. The predicted octanol–water partition coefficient (Wildman–Crippen LogP) is 13.9. The Kier molecular flexibility index (Phi) is 23.9. The van der Waals surface area contributed by atoms with Gasteiger partial charge >= 0.3 is 159 Å². The molecule has 0 amide bonds. The summed E-state index contributed by atoms with van der Waals surface area (Å²) in [5.74, 6) is 0. The summed E-state index contributed by atoms with van der Waals surface area (Å²) in [4.78, 5) is 3.50. The normalized spacial score (nSPS) is 17.0. The van der Waals surface area contributed by atoms with Gasteiger partial charge in [0.1, 0.15) is 0 Å². The van der Waals surface area contributed by atoms with Crippen molar-refractivity contribution in [2.45, 2.75) is 156 Å². The van der Waals surface area contributed by atoms with Crippen LogP contribution in [0.4, 0.5) is 0 Å². The molecule has 0 unspecified atom stereocenters. The summed E-state index contributed by atoms with van der Waals surface area (Å²) in [6, 6.07) is 0. The summed E-state index contributed by atoms with van der Waals surface area (Å²) < 4.78 is 10.4. The minimum Gasteiger partial charge on any atom is -0.668 e. The second kappa shape index (κ2) is 21.0. The molecule has 14 heteroatoms. The molecule has 0 aliphatic heterocycles. The van der Waals surface area contributed by atoms with Crippen molar-refractivity contribution >= 4 is 70.1 Å². The second-order valence-electron chi connectivity index (χ2n) is 16.5. The first-order chi connectivity index (χ1) is 20.0. The standard InChI is InChI=1S/2C10H15.2C6H18NSi2.2Ga.2HN3/c2*1-6-7(2)9(4)10(5)8(6)3;2*1-8(2,3)7-9(4,5)6;;;2*1-3-2/h2*1-5H3;2*1-6H3;;;2*1H/q;;2*-1;;;;. The molecule has 0 saturated heterocycles. The van der Waals surface area contributed by atoms with E-state index in [1.54, 1.807) is 32.1 Å². The number of nitrogens with zero attached hydrogens (tertiary/aromatic N) is 6. The van der Waals surface area contributed by atoms with E-state index in [9.17, 15) is 0 Å². The number of nitrogens with one attached hydrogen (secondary N) is 2. The van der Waals surface area contributed by atoms with E-state index in [0.717, 1.165) is 0 Å². The first-order valence-electron chi connectivity index (χ1n) is 15.8. The molecule has 0 aromatic rings. The maximum Gasteiger partial charge on any atom is -0.00208 e. The van der Waals surface area contributed by atoms with Gasteiger partial charge in [-0.15, -0.1) is 11.1 Å². The van der Waals surface area contributed by atoms with Crippen molar-refractivity contribution in [3.05, 3.63) is 74.8 Å². The van der Waals surface area contributed by atoms with Crippen LogP contribution in [0.5, 0.6) is 0 Å². The molecule has 260 valence electrons. The van der Waals surface area contributed by atoms with Crippen molar-refractivity contribution < 1.29 is 0 Å². The molecule has 2 aliphatic carbocycles. The minimum absolute atomic E-state index is 0.376. The van der Waals surface area contributed by atoms with Gasteiger partial charge in [0.25, 0.3) is 0 Å². The van der Waals surface area contributed by atoms with E-state index < -0.39 is 32.9 Å². The van der Waals surface area contributed by atoms with Crippen LogP contribution in [0.3, 0.4) is 0 Å². The van der Waals surface area contributed by atoms with Crippen LogP contribution in [-0.2, 0) is 0 Å². The number of hydrogen-bond donors (Lipinski definition) is 2. The van der Waals surface area contributed by atoms with Gasteiger partial charge in [0.2, 0.25) is 0 Å². The molecule has 2 rings (SSSR count). The van der Waals surface area contributed by atoms with E-state index in [-0.39, 0.29) is 0 Å². The topological polar surface area (TPSA) is 149 Å². The fraction of sp³-hybridized carbons (Fsp3) is 0.750. The Balaban J connectivity index is -0.000000242. The number of hydrogen-bond acceptors (Lipinski definition) is 2. The Morgan fingerprint density at radius 1 is 0.457 bits per heavy atom. The van der Waals surface area contributed by atoms with Crippen LogP contribution >= 0.6 is 0 Å². The third kappa shape index (κ3) is 22.3. The van der Waals surface area contributed by atoms with Crippen molar-refractivity contribution in [3.8, 4) is 0 Å². The molecule has 2 aliphatic rings. The van der Waals surface area contributed by atoms with E-state index in [4.69, 9.17) is 31.4 Å². The van der Waals surface area contributed by atoms with E-state index in [2.05, 4.69) is 148 Å². The van der Waals surface area contributed by atoms with E-state index in [1.807, 2.05) is 37.2 Å². The van der Waals surface area contributed by atoms with Crippen LogP contribution in [0.2, 0.25) is 86.5 Å². The Labute approximate surface area is 309 Å². The van der Waals surface area contributed by atoms with Gasteiger partial charge in [0.05, 0.1) is 0 Å². The van der Waals surface area contributed by atoms with E-state index in [0.29, 0.717) is 7.94 Å².